The zero-order chi connectivity index (χ0) is 52.3. The maximum absolute atomic E-state index is 14.7. The number of carbonyl (C=O) groups is 3. The maximum Gasteiger partial charge on any atom is 0.424 e. The highest BCUT2D eigenvalue weighted by molar-refractivity contribution is 7.89. The predicted octanol–water partition coefficient (Wildman–Crippen LogP) is 8.28. The first kappa shape index (κ1) is 52.9. The number of esters is 1. The summed E-state index contributed by atoms with van der Waals surface area (Å²) < 4.78 is 117. The van der Waals surface area contributed by atoms with Crippen molar-refractivity contribution in [1.82, 2.24) is 4.31 Å². The molecule has 7 rings (SSSR count). The molecular weight excluding hydrogens is 999 g/mol. The predicted molar refractivity (Wildman–Crippen MR) is 261 cm³/mol. The van der Waals surface area contributed by atoms with Crippen LogP contribution < -0.4 is 13.3 Å². The van der Waals surface area contributed by atoms with E-state index < -0.39 is 119 Å². The van der Waals surface area contributed by atoms with Gasteiger partial charge in [0.1, 0.15) is 15.4 Å². The SMILES string of the molecule is CC(=O)OCC[C@]12CC[C@H]3C1N(C(=O)C2)c1cc(OS(=O)(=O)c2ccc(C)cc2)c(OS(=O)(=O)c2ccc(C)cc2)cc1C3(CCN(C(=O)OC(C)(C)C)S(=O)(=O)c1ccc([N+](=O)[O-])cc1)O[Si](C)(C)C. The first-order valence-corrected chi connectivity index (χ1v) is 30.4. The molecule has 0 N–H and O–H groups in total. The molecule has 4 aromatic carbocycles. The Labute approximate surface area is 415 Å². The van der Waals surface area contributed by atoms with Gasteiger partial charge < -0.3 is 27.2 Å². The van der Waals surface area contributed by atoms with Crippen LogP contribution in [0.15, 0.2) is 99.6 Å². The molecule has 2 amide bonds. The number of aryl methyl sites for hydroxylation is 2. The van der Waals surface area contributed by atoms with E-state index in [1.54, 1.807) is 58.9 Å². The number of non-ortho nitro benzene ring substituents is 1. The Morgan fingerprint density at radius 2 is 1.34 bits per heavy atom. The van der Waals surface area contributed by atoms with E-state index in [1.165, 1.54) is 48.2 Å². The van der Waals surface area contributed by atoms with E-state index in [9.17, 15) is 49.8 Å². The van der Waals surface area contributed by atoms with Crippen molar-refractivity contribution in [2.75, 3.05) is 18.1 Å². The Hall–Kier alpha value is -5.88. The van der Waals surface area contributed by atoms with Crippen molar-refractivity contribution in [3.05, 3.63) is 112 Å². The summed E-state index contributed by atoms with van der Waals surface area (Å²) in [4.78, 5) is 52.3. The smallest absolute Gasteiger partial charge is 0.424 e. The van der Waals surface area contributed by atoms with Gasteiger partial charge in [0.05, 0.1) is 27.7 Å². The molecule has 3 aliphatic rings. The van der Waals surface area contributed by atoms with E-state index in [0.717, 1.165) is 35.4 Å². The van der Waals surface area contributed by atoms with Crippen LogP contribution in [0.3, 0.4) is 0 Å². The van der Waals surface area contributed by atoms with Crippen LogP contribution in [0.25, 0.3) is 0 Å². The van der Waals surface area contributed by atoms with E-state index in [0.29, 0.717) is 17.1 Å². The van der Waals surface area contributed by atoms with Crippen molar-refractivity contribution in [2.24, 2.45) is 11.3 Å². The van der Waals surface area contributed by atoms with Crippen LogP contribution in [-0.2, 0) is 59.3 Å². The Bertz CT molecular complexity index is 3100. The van der Waals surface area contributed by atoms with Gasteiger partial charge in [0.2, 0.25) is 5.91 Å². The van der Waals surface area contributed by atoms with Gasteiger partial charge >= 0.3 is 32.3 Å². The Balaban J connectivity index is 1.50. The summed E-state index contributed by atoms with van der Waals surface area (Å²) in [6.45, 7) is 14.3. The van der Waals surface area contributed by atoms with E-state index in [1.807, 2.05) is 19.6 Å². The fourth-order valence-electron chi connectivity index (χ4n) is 9.86. The minimum Gasteiger partial charge on any atom is -0.466 e. The molecule has 0 spiro atoms. The number of ether oxygens (including phenoxy) is 2. The van der Waals surface area contributed by atoms with Crippen LogP contribution in [0.1, 0.15) is 76.5 Å². The number of hydrogen-bond acceptors (Lipinski definition) is 16. The minimum atomic E-state index is -4.87. The lowest BCUT2D eigenvalue weighted by atomic mass is 9.68. The molecular formula is C48H57N3O16S3Si. The molecule has 4 aromatic rings. The second kappa shape index (κ2) is 18.9. The molecule has 23 heteroatoms. The van der Waals surface area contributed by atoms with Gasteiger partial charge in [-0.25, -0.2) is 17.5 Å². The third-order valence-electron chi connectivity index (χ3n) is 12.7. The number of amides is 2. The molecule has 19 nitrogen and oxygen atoms in total. The first-order chi connectivity index (χ1) is 32.9. The lowest BCUT2D eigenvalue weighted by Gasteiger charge is -2.53. The van der Waals surface area contributed by atoms with Crippen molar-refractivity contribution in [1.29, 1.82) is 0 Å². The Morgan fingerprint density at radius 1 is 0.817 bits per heavy atom. The van der Waals surface area contributed by atoms with Gasteiger partial charge in [-0.2, -0.15) is 16.8 Å². The molecule has 2 heterocycles. The first-order valence-electron chi connectivity index (χ1n) is 22.7. The normalized spacial score (nSPS) is 21.0. The third kappa shape index (κ3) is 10.8. The molecule has 2 unspecified atom stereocenters. The largest absolute Gasteiger partial charge is 0.466 e. The van der Waals surface area contributed by atoms with Crippen molar-refractivity contribution in [3.63, 3.8) is 0 Å². The number of anilines is 1. The van der Waals surface area contributed by atoms with Gasteiger partial charge in [-0.1, -0.05) is 35.4 Å². The lowest BCUT2D eigenvalue weighted by Crippen LogP contribution is -2.59. The number of nitrogens with zero attached hydrogens (tertiary/aromatic N) is 3. The topological polar surface area (TPSA) is 249 Å². The van der Waals surface area contributed by atoms with Crippen LogP contribution in [0.5, 0.6) is 11.5 Å². The average Bonchev–Trinajstić information content (AvgIpc) is 3.75. The van der Waals surface area contributed by atoms with Gasteiger partial charge in [-0.05, 0) is 122 Å². The van der Waals surface area contributed by atoms with Gasteiger partial charge in [-0.3, -0.25) is 19.7 Å². The Kier molecular flexibility index (Phi) is 14.1. The number of nitro groups is 1. The van der Waals surface area contributed by atoms with E-state index in [-0.39, 0.29) is 46.9 Å². The molecule has 2 fully saturated rings. The Morgan fingerprint density at radius 3 is 1.83 bits per heavy atom. The van der Waals surface area contributed by atoms with Crippen molar-refractivity contribution in [3.8, 4) is 11.5 Å². The number of rotatable bonds is 17. The number of hydrogen-bond donors (Lipinski definition) is 0. The molecule has 0 bridgehead atoms. The minimum absolute atomic E-state index is 0.0435. The van der Waals surface area contributed by atoms with Crippen LogP contribution >= 0.6 is 0 Å². The van der Waals surface area contributed by atoms with Gasteiger partial charge in [0.25, 0.3) is 15.7 Å². The summed E-state index contributed by atoms with van der Waals surface area (Å²) in [7, 11) is -17.3. The van der Waals surface area contributed by atoms with Crippen molar-refractivity contribution >= 4 is 67.9 Å². The van der Waals surface area contributed by atoms with E-state index in [2.05, 4.69) is 0 Å². The quantitative estimate of drug-likeness (QED) is 0.0317. The molecule has 382 valence electrons. The lowest BCUT2D eigenvalue weighted by molar-refractivity contribution is -0.384. The molecule has 4 atom stereocenters. The molecule has 1 saturated carbocycles. The van der Waals surface area contributed by atoms with E-state index in [4.69, 9.17) is 22.3 Å². The standard InChI is InChI=1S/C48H57N3O16S3Si/c1-31-10-16-36(17-11-31)69(59,60)65-41-28-39-40(29-42(41)66-70(61,62)37-18-12-32(2)13-19-37)50-43(53)30-47(25-27-63-33(3)52)23-22-38(44(47)50)48(39,67-71(7,8)9)24-26-49(45(54)64-46(4,5)6)68(57,58)35-20-14-34(15-21-35)51(55)56/h10-21,28-29,38,44H,22-27,30H2,1-9H3/t38-,44?,47-,48?/m0/s1. The van der Waals surface area contributed by atoms with Crippen molar-refractivity contribution in [2.45, 2.75) is 125 Å². The summed E-state index contributed by atoms with van der Waals surface area (Å²) in [6.07, 6.45) is -0.761. The summed E-state index contributed by atoms with van der Waals surface area (Å²) >= 11 is 0. The molecule has 1 saturated heterocycles. The maximum atomic E-state index is 14.7. The number of nitro benzene ring substituents is 1. The molecule has 1 aliphatic carbocycles. The highest BCUT2D eigenvalue weighted by Crippen LogP contribution is 2.66. The second-order valence-corrected chi connectivity index (χ2v) is 29.5. The van der Waals surface area contributed by atoms with Gasteiger partial charge in [0, 0.05) is 61.0 Å². The second-order valence-electron chi connectivity index (χ2n) is 20.2. The summed E-state index contributed by atoms with van der Waals surface area (Å²) in [5.41, 5.74) is -2.59. The highest BCUT2D eigenvalue weighted by atomic mass is 32.2. The summed E-state index contributed by atoms with van der Waals surface area (Å²) in [5, 5.41) is 11.5. The molecule has 2 aliphatic heterocycles. The monoisotopic (exact) mass is 1060 g/mol. The van der Waals surface area contributed by atoms with Gasteiger partial charge in [-0.15, -0.1) is 0 Å². The highest BCUT2D eigenvalue weighted by Gasteiger charge is 2.67. The summed E-state index contributed by atoms with van der Waals surface area (Å²) in [5.74, 6) is -2.88. The van der Waals surface area contributed by atoms with Crippen LogP contribution in [-0.4, -0.2) is 85.6 Å². The number of benzene rings is 4. The number of fused-ring (bicyclic) bond motifs is 2. The molecule has 0 radical (unpaired) electrons. The zero-order valence-electron chi connectivity index (χ0n) is 40.8. The fraction of sp³-hybridized carbons (Fsp3) is 0.438. The van der Waals surface area contributed by atoms with Gasteiger partial charge in [0.15, 0.2) is 19.8 Å². The van der Waals surface area contributed by atoms with E-state index >= 15 is 0 Å². The van der Waals surface area contributed by atoms with Crippen LogP contribution in [0.4, 0.5) is 16.2 Å². The molecule has 71 heavy (non-hydrogen) atoms. The fourth-order valence-corrected chi connectivity index (χ4v) is 14.5. The van der Waals surface area contributed by atoms with Crippen molar-refractivity contribution < 1.29 is 66.8 Å². The van der Waals surface area contributed by atoms with Crippen LogP contribution in [0, 0.1) is 35.3 Å². The van der Waals surface area contributed by atoms with Crippen LogP contribution in [0.2, 0.25) is 19.6 Å². The number of carbonyl (C=O) groups excluding carboxylic acids is 3. The average molecular weight is 1060 g/mol. The molecule has 0 aromatic heterocycles. The number of sulfonamides is 1. The summed E-state index contributed by atoms with van der Waals surface area (Å²) in [6, 6.07) is 17.1. The third-order valence-corrected chi connectivity index (χ3v) is 18.0. The zero-order valence-corrected chi connectivity index (χ0v) is 44.2.